The van der Waals surface area contributed by atoms with Crippen molar-refractivity contribution in [3.05, 3.63) is 83.2 Å². The zero-order valence-electron chi connectivity index (χ0n) is 21.5. The number of aromatic nitrogens is 4. The van der Waals surface area contributed by atoms with Crippen molar-refractivity contribution in [1.29, 1.82) is 0 Å². The van der Waals surface area contributed by atoms with E-state index in [0.717, 1.165) is 4.31 Å². The number of H-pyrrole nitrogens is 1. The van der Waals surface area contributed by atoms with E-state index in [4.69, 9.17) is 0 Å². The number of carboxylic acid groups (broad SMARTS) is 1. The Labute approximate surface area is 233 Å². The van der Waals surface area contributed by atoms with E-state index in [9.17, 15) is 27.9 Å². The summed E-state index contributed by atoms with van der Waals surface area (Å²) in [5.74, 6) is -1.94. The first-order chi connectivity index (χ1) is 19.0. The first-order valence-corrected chi connectivity index (χ1v) is 14.7. The topological polar surface area (TPSA) is 167 Å². The van der Waals surface area contributed by atoms with Gasteiger partial charge in [0, 0.05) is 29.8 Å². The molecule has 0 aliphatic carbocycles. The molecule has 1 unspecified atom stereocenters. The molecule has 1 fully saturated rings. The number of sulfonamides is 1. The monoisotopic (exact) mass is 582 g/mol. The minimum absolute atomic E-state index is 0.0313. The van der Waals surface area contributed by atoms with Crippen LogP contribution in [0.5, 0.6) is 0 Å². The molecule has 1 aromatic carbocycles. The number of benzene rings is 1. The molecule has 0 spiro atoms. The molecule has 4 heterocycles. The molecule has 208 valence electrons. The van der Waals surface area contributed by atoms with Gasteiger partial charge in [0.2, 0.25) is 15.9 Å². The molecule has 1 amide bonds. The van der Waals surface area contributed by atoms with E-state index in [-0.39, 0.29) is 22.9 Å². The van der Waals surface area contributed by atoms with Crippen LogP contribution >= 0.6 is 11.8 Å². The van der Waals surface area contributed by atoms with Gasteiger partial charge in [-0.2, -0.15) is 4.31 Å². The van der Waals surface area contributed by atoms with Crippen molar-refractivity contribution < 1.29 is 23.1 Å². The van der Waals surface area contributed by atoms with Crippen LogP contribution in [0.3, 0.4) is 0 Å². The van der Waals surface area contributed by atoms with Crippen LogP contribution < -0.4 is 11.0 Å². The van der Waals surface area contributed by atoms with Crippen molar-refractivity contribution in [1.82, 2.24) is 29.1 Å². The highest BCUT2D eigenvalue weighted by Crippen LogP contribution is 2.42. The lowest BCUT2D eigenvalue weighted by Gasteiger charge is -2.30. The third kappa shape index (κ3) is 5.12. The molecule has 1 saturated heterocycles. The van der Waals surface area contributed by atoms with Crippen molar-refractivity contribution in [2.75, 3.05) is 5.88 Å². The third-order valence-electron chi connectivity index (χ3n) is 6.69. The SMILES string of the molecule is CC1(C)SCN(S(=O)(=O)c2cccnc2)C1C(=O)N[C@@H](Cc1ccc(-n2c(=O)[nH]c3cccnc32)cc1)C(=O)O. The fraction of sp³-hybridized carbons (Fsp3) is 0.269. The van der Waals surface area contributed by atoms with Gasteiger partial charge < -0.3 is 15.4 Å². The van der Waals surface area contributed by atoms with Gasteiger partial charge in [0.1, 0.15) is 17.0 Å². The number of carbonyl (C=O) groups excluding carboxylic acids is 1. The average molecular weight is 583 g/mol. The van der Waals surface area contributed by atoms with Crippen molar-refractivity contribution in [3.8, 4) is 5.69 Å². The summed E-state index contributed by atoms with van der Waals surface area (Å²) in [7, 11) is -4.06. The first-order valence-electron chi connectivity index (χ1n) is 12.2. The van der Waals surface area contributed by atoms with E-state index in [1.165, 1.54) is 40.9 Å². The average Bonchev–Trinajstić information content (AvgIpc) is 3.44. The Bertz CT molecular complexity index is 1730. The number of rotatable bonds is 8. The summed E-state index contributed by atoms with van der Waals surface area (Å²) in [5.41, 5.74) is 1.81. The molecule has 3 N–H and O–H groups in total. The molecule has 14 heteroatoms. The number of fused-ring (bicyclic) bond motifs is 1. The fourth-order valence-electron chi connectivity index (χ4n) is 4.67. The maximum absolute atomic E-state index is 13.5. The number of thioether (sulfide) groups is 1. The molecule has 0 bridgehead atoms. The maximum atomic E-state index is 13.5. The Kier molecular flexibility index (Phi) is 7.25. The number of nitrogens with zero attached hydrogens (tertiary/aromatic N) is 4. The van der Waals surface area contributed by atoms with Crippen LogP contribution in [0.25, 0.3) is 16.9 Å². The third-order valence-corrected chi connectivity index (χ3v) is 10.0. The molecule has 0 radical (unpaired) electrons. The van der Waals surface area contributed by atoms with Gasteiger partial charge in [-0.1, -0.05) is 12.1 Å². The van der Waals surface area contributed by atoms with Crippen molar-refractivity contribution in [2.24, 2.45) is 0 Å². The molecule has 5 rings (SSSR count). The van der Waals surface area contributed by atoms with Crippen LogP contribution in [-0.4, -0.2) is 71.9 Å². The van der Waals surface area contributed by atoms with Crippen molar-refractivity contribution in [3.63, 3.8) is 0 Å². The number of imidazole rings is 1. The number of hydrogen-bond donors (Lipinski definition) is 3. The number of hydrogen-bond acceptors (Lipinski definition) is 8. The second-order valence-electron chi connectivity index (χ2n) is 9.77. The summed E-state index contributed by atoms with van der Waals surface area (Å²) in [4.78, 5) is 48.9. The normalized spacial score (nSPS) is 18.0. The van der Waals surface area contributed by atoms with Crippen LogP contribution in [0, 0.1) is 0 Å². The van der Waals surface area contributed by atoms with Crippen molar-refractivity contribution in [2.45, 2.75) is 42.0 Å². The number of aliphatic carboxylic acids is 1. The number of pyridine rings is 2. The number of carboxylic acids is 1. The number of carbonyl (C=O) groups is 2. The predicted octanol–water partition coefficient (Wildman–Crippen LogP) is 1.76. The van der Waals surface area contributed by atoms with Gasteiger partial charge in [-0.15, -0.1) is 11.8 Å². The van der Waals surface area contributed by atoms with Gasteiger partial charge in [-0.25, -0.2) is 27.6 Å². The molecule has 2 atom stereocenters. The van der Waals surface area contributed by atoms with E-state index in [1.54, 1.807) is 56.4 Å². The van der Waals surface area contributed by atoms with Gasteiger partial charge >= 0.3 is 11.7 Å². The van der Waals surface area contributed by atoms with Gasteiger partial charge in [-0.3, -0.25) is 9.78 Å². The van der Waals surface area contributed by atoms with Gasteiger partial charge in [0.05, 0.1) is 17.1 Å². The summed E-state index contributed by atoms with van der Waals surface area (Å²) in [6, 6.07) is 10.5. The minimum atomic E-state index is -4.06. The van der Waals surface area contributed by atoms with E-state index in [1.807, 2.05) is 0 Å². The molecule has 0 saturated carbocycles. The standard InChI is InChI=1S/C26H26N6O6S2/c1-26(2)21(31(15-39-26)40(37,38)18-5-3-11-27-14-18)23(33)29-20(24(34)35)13-16-7-9-17(10-8-16)32-22-19(30-25(32)36)6-4-12-28-22/h3-12,14,20-21H,13,15H2,1-2H3,(H,29,33)(H,30,36)(H,34,35)/t20-,21?/m0/s1. The molecule has 12 nitrogen and oxygen atoms in total. The van der Waals surface area contributed by atoms with E-state index < -0.39 is 38.7 Å². The van der Waals surface area contributed by atoms with E-state index in [0.29, 0.717) is 22.4 Å². The zero-order chi connectivity index (χ0) is 28.7. The molecule has 4 aromatic rings. The van der Waals surface area contributed by atoms with E-state index >= 15 is 0 Å². The van der Waals surface area contributed by atoms with Crippen molar-refractivity contribution >= 4 is 44.8 Å². The summed E-state index contributed by atoms with van der Waals surface area (Å²) in [5, 5.41) is 12.4. The largest absolute Gasteiger partial charge is 0.480 e. The number of aromatic amines is 1. The summed E-state index contributed by atoms with van der Waals surface area (Å²) in [6.45, 7) is 3.49. The Morgan fingerprint density at radius 2 is 1.90 bits per heavy atom. The second-order valence-corrected chi connectivity index (χ2v) is 13.3. The molecular formula is C26H26N6O6S2. The highest BCUT2D eigenvalue weighted by molar-refractivity contribution is 8.02. The van der Waals surface area contributed by atoms with Crippen LogP contribution in [0.4, 0.5) is 0 Å². The highest BCUT2D eigenvalue weighted by atomic mass is 32.2. The van der Waals surface area contributed by atoms with E-state index in [2.05, 4.69) is 20.3 Å². The molecule has 40 heavy (non-hydrogen) atoms. The Hall–Kier alpha value is -4.01. The van der Waals surface area contributed by atoms with Crippen LogP contribution in [0.1, 0.15) is 19.4 Å². The fourth-order valence-corrected chi connectivity index (χ4v) is 7.80. The Morgan fingerprint density at radius 3 is 2.58 bits per heavy atom. The number of nitrogens with one attached hydrogen (secondary N) is 2. The lowest BCUT2D eigenvalue weighted by atomic mass is 10.0. The zero-order valence-corrected chi connectivity index (χ0v) is 23.1. The highest BCUT2D eigenvalue weighted by Gasteiger charge is 2.51. The quantitative estimate of drug-likeness (QED) is 0.280. The Morgan fingerprint density at radius 1 is 1.18 bits per heavy atom. The van der Waals surface area contributed by atoms with Crippen LogP contribution in [0.15, 0.2) is 76.8 Å². The lowest BCUT2D eigenvalue weighted by molar-refractivity contribution is -0.142. The van der Waals surface area contributed by atoms with Gasteiger partial charge in [0.15, 0.2) is 5.65 Å². The molecule has 1 aliphatic heterocycles. The lowest BCUT2D eigenvalue weighted by Crippen LogP contribution is -2.56. The molecule has 3 aromatic heterocycles. The predicted molar refractivity (Wildman–Crippen MR) is 149 cm³/mol. The minimum Gasteiger partial charge on any atom is -0.480 e. The first kappa shape index (κ1) is 27.6. The molecular weight excluding hydrogens is 556 g/mol. The smallest absolute Gasteiger partial charge is 0.332 e. The summed E-state index contributed by atoms with van der Waals surface area (Å²) >= 11 is 1.29. The Balaban J connectivity index is 1.36. The summed E-state index contributed by atoms with van der Waals surface area (Å²) in [6.07, 6.45) is 4.18. The maximum Gasteiger partial charge on any atom is 0.332 e. The van der Waals surface area contributed by atoms with Gasteiger partial charge in [0.25, 0.3) is 0 Å². The number of amides is 1. The second kappa shape index (κ2) is 10.5. The van der Waals surface area contributed by atoms with Crippen LogP contribution in [-0.2, 0) is 26.0 Å². The summed E-state index contributed by atoms with van der Waals surface area (Å²) < 4.78 is 28.3. The molecule has 1 aliphatic rings. The van der Waals surface area contributed by atoms with Crippen LogP contribution in [0.2, 0.25) is 0 Å². The van der Waals surface area contributed by atoms with Gasteiger partial charge in [-0.05, 0) is 55.8 Å².